The normalized spacial score (nSPS) is 20.7. The van der Waals surface area contributed by atoms with Crippen LogP contribution in [0.25, 0.3) is 0 Å². The summed E-state index contributed by atoms with van der Waals surface area (Å²) < 4.78 is 62.4. The molecule has 0 spiro atoms. The number of hydrogen-bond donors (Lipinski definition) is 1. The number of benzene rings is 1. The van der Waals surface area contributed by atoms with Gasteiger partial charge in [0.1, 0.15) is 5.82 Å². The fourth-order valence-electron chi connectivity index (χ4n) is 2.74. The second kappa shape index (κ2) is 7.72. The average Bonchev–Trinajstić information content (AvgIpc) is 2.82. The Morgan fingerprint density at radius 1 is 1.26 bits per heavy atom. The molecule has 0 aromatic heterocycles. The number of sulfonamides is 1. The maximum Gasteiger partial charge on any atom is 0.211 e. The van der Waals surface area contributed by atoms with Gasteiger partial charge in [0, 0.05) is 6.54 Å². The van der Waals surface area contributed by atoms with Gasteiger partial charge in [-0.3, -0.25) is 0 Å². The number of sulfone groups is 1. The van der Waals surface area contributed by atoms with Crippen LogP contribution < -0.4 is 4.72 Å². The summed E-state index contributed by atoms with van der Waals surface area (Å²) in [5.41, 5.74) is 0.383. The lowest BCUT2D eigenvalue weighted by atomic mass is 10.0. The van der Waals surface area contributed by atoms with Gasteiger partial charge in [-0.25, -0.2) is 25.9 Å². The maximum atomic E-state index is 13.4. The molecule has 130 valence electrons. The first-order chi connectivity index (χ1) is 10.8. The second-order valence-electron chi connectivity index (χ2n) is 5.97. The molecular formula is C15H22FNO4S2. The van der Waals surface area contributed by atoms with E-state index in [1.807, 2.05) is 0 Å². The van der Waals surface area contributed by atoms with Gasteiger partial charge in [0.25, 0.3) is 0 Å². The van der Waals surface area contributed by atoms with Crippen molar-refractivity contribution in [2.24, 2.45) is 5.92 Å². The molecule has 5 nitrogen and oxygen atoms in total. The minimum absolute atomic E-state index is 0.128. The Bertz CT molecular complexity index is 732. The zero-order chi connectivity index (χ0) is 16.9. The Hall–Kier alpha value is -0.990. The molecule has 1 saturated heterocycles. The molecule has 1 aliphatic heterocycles. The molecule has 23 heavy (non-hydrogen) atoms. The van der Waals surface area contributed by atoms with Crippen molar-refractivity contribution in [2.45, 2.75) is 25.7 Å². The van der Waals surface area contributed by atoms with Crippen LogP contribution in [-0.4, -0.2) is 40.6 Å². The average molecular weight is 363 g/mol. The molecule has 1 unspecified atom stereocenters. The van der Waals surface area contributed by atoms with E-state index < -0.39 is 25.7 Å². The van der Waals surface area contributed by atoms with E-state index in [2.05, 4.69) is 4.72 Å². The van der Waals surface area contributed by atoms with E-state index in [1.165, 1.54) is 6.07 Å². The summed E-state index contributed by atoms with van der Waals surface area (Å²) in [4.78, 5) is 0. The predicted molar refractivity (Wildman–Crippen MR) is 87.9 cm³/mol. The summed E-state index contributed by atoms with van der Waals surface area (Å²) in [7, 11) is -6.33. The first-order valence-corrected chi connectivity index (χ1v) is 11.2. The van der Waals surface area contributed by atoms with Gasteiger partial charge in [0.15, 0.2) is 9.84 Å². The van der Waals surface area contributed by atoms with Crippen molar-refractivity contribution in [3.63, 3.8) is 0 Å². The van der Waals surface area contributed by atoms with Crippen molar-refractivity contribution in [3.8, 4) is 0 Å². The molecule has 1 aromatic carbocycles. The second-order valence-corrected chi connectivity index (χ2v) is 10.1. The predicted octanol–water partition coefficient (Wildman–Crippen LogP) is 1.50. The van der Waals surface area contributed by atoms with Crippen LogP contribution in [-0.2, 0) is 26.3 Å². The SMILES string of the molecule is O=S1(=O)CCC(CCCNS(=O)(=O)CCc2ccccc2F)C1. The number of hydrogen-bond acceptors (Lipinski definition) is 4. The lowest BCUT2D eigenvalue weighted by molar-refractivity contribution is 0.512. The summed E-state index contributed by atoms with van der Waals surface area (Å²) in [5.74, 6) is 0.0400. The van der Waals surface area contributed by atoms with Crippen LogP contribution in [0.1, 0.15) is 24.8 Å². The van der Waals surface area contributed by atoms with Crippen LogP contribution in [0.5, 0.6) is 0 Å². The highest BCUT2D eigenvalue weighted by atomic mass is 32.2. The summed E-state index contributed by atoms with van der Waals surface area (Å²) in [6, 6.07) is 6.12. The smallest absolute Gasteiger partial charge is 0.211 e. The molecule has 2 rings (SSSR count). The molecule has 1 fully saturated rings. The number of nitrogens with one attached hydrogen (secondary N) is 1. The van der Waals surface area contributed by atoms with Gasteiger partial charge in [-0.05, 0) is 43.2 Å². The van der Waals surface area contributed by atoms with E-state index in [0.717, 1.165) is 0 Å². The first kappa shape index (κ1) is 18.4. The zero-order valence-corrected chi connectivity index (χ0v) is 14.5. The molecule has 0 saturated carbocycles. The maximum absolute atomic E-state index is 13.4. The third-order valence-corrected chi connectivity index (χ3v) is 7.26. The van der Waals surface area contributed by atoms with E-state index in [4.69, 9.17) is 0 Å². The van der Waals surface area contributed by atoms with Crippen molar-refractivity contribution in [1.29, 1.82) is 0 Å². The van der Waals surface area contributed by atoms with E-state index in [0.29, 0.717) is 24.8 Å². The summed E-state index contributed by atoms with van der Waals surface area (Å²) in [6.45, 7) is 0.288. The van der Waals surface area contributed by atoms with E-state index in [-0.39, 0.29) is 36.1 Å². The molecule has 0 radical (unpaired) electrons. The Morgan fingerprint density at radius 3 is 2.65 bits per heavy atom. The topological polar surface area (TPSA) is 80.3 Å². The van der Waals surface area contributed by atoms with Crippen LogP contribution in [0.2, 0.25) is 0 Å². The molecule has 0 bridgehead atoms. The molecule has 8 heteroatoms. The third kappa shape index (κ3) is 6.19. The van der Waals surface area contributed by atoms with Gasteiger partial charge in [0.05, 0.1) is 17.3 Å². The van der Waals surface area contributed by atoms with Crippen molar-refractivity contribution < 1.29 is 21.2 Å². The van der Waals surface area contributed by atoms with Gasteiger partial charge in [-0.1, -0.05) is 18.2 Å². The Morgan fingerprint density at radius 2 is 2.00 bits per heavy atom. The standard InChI is InChI=1S/C15H22FNO4S2/c16-15-6-2-1-5-14(15)8-11-23(20,21)17-9-3-4-13-7-10-22(18,19)12-13/h1-2,5-6,13,17H,3-4,7-12H2. The Balaban J connectivity index is 1.69. The minimum Gasteiger partial charge on any atom is -0.229 e. The van der Waals surface area contributed by atoms with Gasteiger partial charge in [-0.2, -0.15) is 0 Å². The van der Waals surface area contributed by atoms with E-state index >= 15 is 0 Å². The molecule has 0 amide bonds. The molecule has 1 aromatic rings. The van der Waals surface area contributed by atoms with Gasteiger partial charge in [-0.15, -0.1) is 0 Å². The first-order valence-electron chi connectivity index (χ1n) is 7.69. The fourth-order valence-corrected chi connectivity index (χ4v) is 5.73. The third-order valence-electron chi connectivity index (χ3n) is 4.04. The van der Waals surface area contributed by atoms with Crippen LogP contribution in [0, 0.1) is 11.7 Å². The van der Waals surface area contributed by atoms with Gasteiger partial charge < -0.3 is 0 Å². The van der Waals surface area contributed by atoms with Crippen LogP contribution in [0.4, 0.5) is 4.39 Å². The molecule has 1 heterocycles. The van der Waals surface area contributed by atoms with E-state index in [1.54, 1.807) is 18.2 Å². The Kier molecular flexibility index (Phi) is 6.16. The number of rotatable bonds is 8. The molecular weight excluding hydrogens is 341 g/mol. The number of halogens is 1. The fraction of sp³-hybridized carbons (Fsp3) is 0.600. The van der Waals surface area contributed by atoms with Crippen molar-refractivity contribution >= 4 is 19.9 Å². The summed E-state index contributed by atoms with van der Waals surface area (Å²) in [5, 5.41) is 0. The van der Waals surface area contributed by atoms with Gasteiger partial charge >= 0.3 is 0 Å². The van der Waals surface area contributed by atoms with Crippen LogP contribution in [0.3, 0.4) is 0 Å². The lowest BCUT2D eigenvalue weighted by Gasteiger charge is -2.09. The van der Waals surface area contributed by atoms with Crippen molar-refractivity contribution in [2.75, 3.05) is 23.8 Å². The van der Waals surface area contributed by atoms with E-state index in [9.17, 15) is 21.2 Å². The highest BCUT2D eigenvalue weighted by Gasteiger charge is 2.27. The Labute approximate surface area is 137 Å². The minimum atomic E-state index is -3.45. The summed E-state index contributed by atoms with van der Waals surface area (Å²) in [6.07, 6.45) is 2.11. The monoisotopic (exact) mass is 363 g/mol. The molecule has 0 aliphatic carbocycles. The zero-order valence-electron chi connectivity index (χ0n) is 12.9. The van der Waals surface area contributed by atoms with Gasteiger partial charge in [0.2, 0.25) is 10.0 Å². The molecule has 1 N–H and O–H groups in total. The number of aryl methyl sites for hydroxylation is 1. The molecule has 1 aliphatic rings. The van der Waals surface area contributed by atoms with Crippen LogP contribution in [0.15, 0.2) is 24.3 Å². The van der Waals surface area contributed by atoms with Crippen LogP contribution >= 0.6 is 0 Å². The largest absolute Gasteiger partial charge is 0.229 e. The summed E-state index contributed by atoms with van der Waals surface area (Å²) >= 11 is 0. The quantitative estimate of drug-likeness (QED) is 0.710. The molecule has 1 atom stereocenters. The highest BCUT2D eigenvalue weighted by Crippen LogP contribution is 2.22. The van der Waals surface area contributed by atoms with Crippen molar-refractivity contribution in [1.82, 2.24) is 4.72 Å². The highest BCUT2D eigenvalue weighted by molar-refractivity contribution is 7.91. The van der Waals surface area contributed by atoms with Crippen molar-refractivity contribution in [3.05, 3.63) is 35.6 Å². The lowest BCUT2D eigenvalue weighted by Crippen LogP contribution is -2.28.